The number of piperidine rings is 1. The molecule has 1 atom stereocenters. The average Bonchev–Trinajstić information content (AvgIpc) is 2.25. The minimum absolute atomic E-state index is 0. The number of carbonyl (C=O) groups is 2. The van der Waals surface area contributed by atoms with Gasteiger partial charge in [0.15, 0.2) is 0 Å². The maximum absolute atomic E-state index is 11.6. The summed E-state index contributed by atoms with van der Waals surface area (Å²) in [5, 5.41) is 8.59. The Morgan fingerprint density at radius 1 is 1.25 bits per heavy atom. The van der Waals surface area contributed by atoms with Crippen molar-refractivity contribution < 1.29 is 9.59 Å². The predicted octanol–water partition coefficient (Wildman–Crippen LogP) is -0.197. The summed E-state index contributed by atoms with van der Waals surface area (Å²) in [6, 6.07) is -0.0453. The monoisotopic (exact) mass is 249 g/mol. The van der Waals surface area contributed by atoms with Gasteiger partial charge in [-0.3, -0.25) is 9.59 Å². The molecule has 1 saturated heterocycles. The Bertz CT molecular complexity index is 230. The molecule has 0 unspecified atom stereocenters. The Morgan fingerprint density at radius 2 is 1.94 bits per heavy atom. The minimum atomic E-state index is -0.0694. The van der Waals surface area contributed by atoms with Crippen LogP contribution in [0.15, 0.2) is 0 Å². The number of hydrogen-bond donors (Lipinski definition) is 3. The molecule has 0 aliphatic carbocycles. The zero-order chi connectivity index (χ0) is 11.1. The van der Waals surface area contributed by atoms with E-state index in [1.807, 2.05) is 0 Å². The second-order valence-corrected chi connectivity index (χ2v) is 3.78. The molecule has 16 heavy (non-hydrogen) atoms. The van der Waals surface area contributed by atoms with Crippen LogP contribution in [0.1, 0.15) is 26.2 Å². The van der Waals surface area contributed by atoms with Gasteiger partial charge in [0.05, 0.1) is 6.04 Å². The van der Waals surface area contributed by atoms with Gasteiger partial charge in [0.2, 0.25) is 11.8 Å². The second-order valence-electron chi connectivity index (χ2n) is 3.78. The summed E-state index contributed by atoms with van der Waals surface area (Å²) in [5.74, 6) is -0.0277. The number of nitrogens with one attached hydrogen (secondary N) is 3. The molecule has 1 aliphatic rings. The second kappa shape index (κ2) is 8.35. The molecule has 2 amide bonds. The Kier molecular flexibility index (Phi) is 7.93. The third kappa shape index (κ3) is 5.92. The van der Waals surface area contributed by atoms with Gasteiger partial charge in [0.1, 0.15) is 0 Å². The van der Waals surface area contributed by atoms with Gasteiger partial charge in [-0.1, -0.05) is 6.42 Å². The smallest absolute Gasteiger partial charge is 0.237 e. The van der Waals surface area contributed by atoms with Crippen molar-refractivity contribution in [2.45, 2.75) is 32.2 Å². The third-order valence-electron chi connectivity index (χ3n) is 2.42. The number of amides is 2. The topological polar surface area (TPSA) is 70.2 Å². The van der Waals surface area contributed by atoms with Crippen molar-refractivity contribution in [2.24, 2.45) is 0 Å². The van der Waals surface area contributed by atoms with Gasteiger partial charge in [-0.15, -0.1) is 12.4 Å². The first kappa shape index (κ1) is 15.2. The van der Waals surface area contributed by atoms with E-state index >= 15 is 0 Å². The van der Waals surface area contributed by atoms with Crippen molar-refractivity contribution in [3.8, 4) is 0 Å². The lowest BCUT2D eigenvalue weighted by molar-refractivity contribution is -0.124. The van der Waals surface area contributed by atoms with Crippen molar-refractivity contribution in [3.63, 3.8) is 0 Å². The van der Waals surface area contributed by atoms with Crippen molar-refractivity contribution in [1.29, 1.82) is 0 Å². The predicted molar refractivity (Wildman–Crippen MR) is 64.6 cm³/mol. The lowest BCUT2D eigenvalue weighted by atomic mass is 10.0. The van der Waals surface area contributed by atoms with Gasteiger partial charge in [0, 0.05) is 20.0 Å². The molecule has 1 fully saturated rings. The van der Waals surface area contributed by atoms with Gasteiger partial charge in [0.25, 0.3) is 0 Å². The van der Waals surface area contributed by atoms with Crippen molar-refractivity contribution in [2.75, 3.05) is 19.6 Å². The lowest BCUT2D eigenvalue weighted by Crippen LogP contribution is -2.48. The van der Waals surface area contributed by atoms with Crippen LogP contribution in [-0.2, 0) is 9.59 Å². The Labute approximate surface area is 102 Å². The number of halogens is 1. The zero-order valence-electron chi connectivity index (χ0n) is 9.54. The van der Waals surface area contributed by atoms with Gasteiger partial charge >= 0.3 is 0 Å². The van der Waals surface area contributed by atoms with Crippen LogP contribution in [0.3, 0.4) is 0 Å². The molecule has 0 aromatic rings. The fraction of sp³-hybridized carbons (Fsp3) is 0.800. The largest absolute Gasteiger partial charge is 0.355 e. The van der Waals surface area contributed by atoms with E-state index in [9.17, 15) is 9.59 Å². The maximum atomic E-state index is 11.6. The SMILES string of the molecule is CC(=O)NCCNC(=O)[C@@H]1CCCCN1.Cl. The van der Waals surface area contributed by atoms with Crippen LogP contribution in [0.5, 0.6) is 0 Å². The molecule has 0 spiro atoms. The highest BCUT2D eigenvalue weighted by atomic mass is 35.5. The molecule has 1 rings (SSSR count). The summed E-state index contributed by atoms with van der Waals surface area (Å²) < 4.78 is 0. The van der Waals surface area contributed by atoms with Crippen LogP contribution in [0, 0.1) is 0 Å². The summed E-state index contributed by atoms with van der Waals surface area (Å²) in [4.78, 5) is 22.1. The number of rotatable bonds is 4. The summed E-state index contributed by atoms with van der Waals surface area (Å²) in [5.41, 5.74) is 0. The Morgan fingerprint density at radius 3 is 2.50 bits per heavy atom. The maximum Gasteiger partial charge on any atom is 0.237 e. The van der Waals surface area contributed by atoms with E-state index in [-0.39, 0.29) is 30.3 Å². The molecule has 1 aliphatic heterocycles. The molecule has 6 heteroatoms. The summed E-state index contributed by atoms with van der Waals surface area (Å²) in [6.45, 7) is 3.37. The zero-order valence-corrected chi connectivity index (χ0v) is 10.4. The van der Waals surface area contributed by atoms with E-state index in [1.54, 1.807) is 0 Å². The Balaban J connectivity index is 0.00000225. The highest BCUT2D eigenvalue weighted by molar-refractivity contribution is 5.85. The van der Waals surface area contributed by atoms with Gasteiger partial charge < -0.3 is 16.0 Å². The van der Waals surface area contributed by atoms with Crippen molar-refractivity contribution in [1.82, 2.24) is 16.0 Å². The molecular formula is C10H20ClN3O2. The first-order valence-corrected chi connectivity index (χ1v) is 5.45. The summed E-state index contributed by atoms with van der Waals surface area (Å²) in [7, 11) is 0. The Hall–Kier alpha value is -0.810. The lowest BCUT2D eigenvalue weighted by Gasteiger charge is -2.22. The molecule has 0 radical (unpaired) electrons. The average molecular weight is 250 g/mol. The van der Waals surface area contributed by atoms with Crippen LogP contribution in [0.4, 0.5) is 0 Å². The highest BCUT2D eigenvalue weighted by Gasteiger charge is 2.19. The highest BCUT2D eigenvalue weighted by Crippen LogP contribution is 2.06. The number of carbonyl (C=O) groups excluding carboxylic acids is 2. The van der Waals surface area contributed by atoms with Crippen LogP contribution >= 0.6 is 12.4 Å². The van der Waals surface area contributed by atoms with E-state index in [1.165, 1.54) is 6.92 Å². The standard InChI is InChI=1S/C10H19N3O2.ClH/c1-8(14)11-6-7-13-10(15)9-4-2-3-5-12-9;/h9,12H,2-7H2,1H3,(H,11,14)(H,13,15);1H/t9-;/m0./s1. The third-order valence-corrected chi connectivity index (χ3v) is 2.42. The first-order chi connectivity index (χ1) is 7.20. The van der Waals surface area contributed by atoms with Crippen molar-refractivity contribution in [3.05, 3.63) is 0 Å². The van der Waals surface area contributed by atoms with Crippen LogP contribution in [-0.4, -0.2) is 37.5 Å². The van der Waals surface area contributed by atoms with Gasteiger partial charge in [-0.2, -0.15) is 0 Å². The van der Waals surface area contributed by atoms with Gasteiger partial charge in [-0.05, 0) is 19.4 Å². The van der Waals surface area contributed by atoms with Gasteiger partial charge in [-0.25, -0.2) is 0 Å². The fourth-order valence-electron chi connectivity index (χ4n) is 1.62. The summed E-state index contributed by atoms with van der Waals surface area (Å²) >= 11 is 0. The molecule has 5 nitrogen and oxygen atoms in total. The van der Waals surface area contributed by atoms with Crippen molar-refractivity contribution >= 4 is 24.2 Å². The summed E-state index contributed by atoms with van der Waals surface area (Å²) in [6.07, 6.45) is 3.17. The van der Waals surface area contributed by atoms with E-state index in [0.29, 0.717) is 13.1 Å². The van der Waals surface area contributed by atoms with E-state index < -0.39 is 0 Å². The molecular weight excluding hydrogens is 230 g/mol. The molecule has 94 valence electrons. The molecule has 0 aromatic heterocycles. The quantitative estimate of drug-likeness (QED) is 0.605. The van der Waals surface area contributed by atoms with Crippen LogP contribution < -0.4 is 16.0 Å². The van der Waals surface area contributed by atoms with E-state index in [0.717, 1.165) is 25.8 Å². The van der Waals surface area contributed by atoms with E-state index in [2.05, 4.69) is 16.0 Å². The molecule has 0 aromatic carbocycles. The van der Waals surface area contributed by atoms with Crippen LogP contribution in [0.2, 0.25) is 0 Å². The molecule has 3 N–H and O–H groups in total. The van der Waals surface area contributed by atoms with E-state index in [4.69, 9.17) is 0 Å². The fourth-order valence-corrected chi connectivity index (χ4v) is 1.62. The normalized spacial score (nSPS) is 19.4. The number of hydrogen-bond acceptors (Lipinski definition) is 3. The molecule has 1 heterocycles. The molecule has 0 bridgehead atoms. The first-order valence-electron chi connectivity index (χ1n) is 5.45. The van der Waals surface area contributed by atoms with Crippen LogP contribution in [0.25, 0.3) is 0 Å². The minimum Gasteiger partial charge on any atom is -0.355 e. The molecule has 0 saturated carbocycles.